The van der Waals surface area contributed by atoms with Gasteiger partial charge in [0.1, 0.15) is 0 Å². The molecule has 0 aliphatic rings. The van der Waals surface area contributed by atoms with Crippen molar-refractivity contribution in [3.8, 4) is 0 Å². The van der Waals surface area contributed by atoms with E-state index < -0.39 is 29.7 Å². The van der Waals surface area contributed by atoms with Crippen molar-refractivity contribution < 1.29 is 19.4 Å². The van der Waals surface area contributed by atoms with E-state index in [9.17, 15) is 8.42 Å². The van der Waals surface area contributed by atoms with E-state index >= 15 is 0 Å². The van der Waals surface area contributed by atoms with E-state index in [1.54, 1.807) is 6.20 Å². The molecule has 2 N–H and O–H groups in total. The summed E-state index contributed by atoms with van der Waals surface area (Å²) in [6.45, 7) is -5.10. The second-order valence-corrected chi connectivity index (χ2v) is 5.87. The number of nitrogens with zero attached hydrogens (tertiary/aromatic N) is 1. The number of fused-ring (bicyclic) bond motifs is 1. The van der Waals surface area contributed by atoms with Crippen LogP contribution in [0.25, 0.3) is 10.9 Å². The Hall–Kier alpha value is -1.37. The summed E-state index contributed by atoms with van der Waals surface area (Å²) in [6.07, 6.45) is 1.98. The Morgan fingerprint density at radius 2 is 2.35 bits per heavy atom. The number of sulfonamides is 1. The molecule has 0 amide bonds. The molecule has 2 aromatic rings. The first-order valence-electron chi connectivity index (χ1n) is 9.90. The highest BCUT2D eigenvalue weighted by Crippen LogP contribution is 2.21. The van der Waals surface area contributed by atoms with Crippen molar-refractivity contribution in [3.63, 3.8) is 0 Å². The van der Waals surface area contributed by atoms with Gasteiger partial charge in [-0.3, -0.25) is 0 Å². The Balaban J connectivity index is 2.37. The molecular formula is C14H21N3O2S. The second kappa shape index (κ2) is 5.95. The Morgan fingerprint density at radius 3 is 3.10 bits per heavy atom. The van der Waals surface area contributed by atoms with Crippen molar-refractivity contribution in [3.05, 3.63) is 35.5 Å². The fraction of sp³-hybridized carbons (Fsp3) is 0.429. The molecule has 0 unspecified atom stereocenters. The molecule has 0 saturated carbocycles. The number of nitrogens with one attached hydrogen (secondary N) is 2. The van der Waals surface area contributed by atoms with Crippen molar-refractivity contribution in [2.45, 2.75) is 12.1 Å². The molecular weight excluding hydrogens is 274 g/mol. The fourth-order valence-electron chi connectivity index (χ4n) is 1.92. The van der Waals surface area contributed by atoms with Crippen molar-refractivity contribution in [2.75, 3.05) is 27.5 Å². The van der Waals surface area contributed by atoms with Gasteiger partial charge >= 0.3 is 0 Å². The number of aromatic amines is 1. The summed E-state index contributed by atoms with van der Waals surface area (Å²) in [6, 6.07) is 4.08. The van der Waals surface area contributed by atoms with E-state index in [1.807, 2.05) is 0 Å². The number of aromatic nitrogens is 1. The number of likely N-dealkylation sites (N-methyl/N-ethyl adjacent to an activating group) is 1. The summed E-state index contributed by atoms with van der Waals surface area (Å²) >= 11 is 0. The van der Waals surface area contributed by atoms with Crippen LogP contribution in [0.4, 0.5) is 0 Å². The van der Waals surface area contributed by atoms with Crippen molar-refractivity contribution in [1.29, 1.82) is 0 Å². The SMILES string of the molecule is [2H]C([2H])([2H])NS(=O)(=O)C([2H])([2H])c1ccc2[nH]cc(CCN(C)C([2H])([2H])[2H])c2c1. The van der Waals surface area contributed by atoms with Crippen LogP contribution < -0.4 is 4.72 Å². The molecule has 1 aromatic carbocycles. The molecule has 1 aromatic heterocycles. The molecule has 0 aliphatic carbocycles. The molecule has 20 heavy (non-hydrogen) atoms. The topological polar surface area (TPSA) is 65.2 Å². The molecule has 1 heterocycles. The van der Waals surface area contributed by atoms with Crippen LogP contribution in [-0.4, -0.2) is 45.8 Å². The van der Waals surface area contributed by atoms with Crippen molar-refractivity contribution in [2.24, 2.45) is 0 Å². The molecule has 6 heteroatoms. The van der Waals surface area contributed by atoms with Gasteiger partial charge in [-0.15, -0.1) is 0 Å². The monoisotopic (exact) mass is 303 g/mol. The lowest BCUT2D eigenvalue weighted by molar-refractivity contribution is 0.414. The summed E-state index contributed by atoms with van der Waals surface area (Å²) in [5.41, 5.74) is -1.92. The fourth-order valence-corrected chi connectivity index (χ4v) is 2.41. The van der Waals surface area contributed by atoms with Crippen LogP contribution in [0.5, 0.6) is 0 Å². The lowest BCUT2D eigenvalue weighted by atomic mass is 10.1. The molecule has 2 rings (SSSR count). The van der Waals surface area contributed by atoms with E-state index in [4.69, 9.17) is 11.0 Å². The van der Waals surface area contributed by atoms with E-state index in [0.717, 1.165) is 0 Å². The average Bonchev–Trinajstić information content (AvgIpc) is 2.91. The molecule has 0 aliphatic heterocycles. The summed E-state index contributed by atoms with van der Waals surface area (Å²) in [4.78, 5) is 4.16. The number of benzene rings is 1. The van der Waals surface area contributed by atoms with Crippen LogP contribution >= 0.6 is 0 Å². The zero-order chi connectivity index (χ0) is 21.5. The van der Waals surface area contributed by atoms with Crippen LogP contribution in [-0.2, 0) is 22.1 Å². The number of hydrogen-bond donors (Lipinski definition) is 2. The largest absolute Gasteiger partial charge is 0.361 e. The third-order valence-corrected chi connectivity index (χ3v) is 3.64. The Morgan fingerprint density at radius 1 is 1.50 bits per heavy atom. The lowest BCUT2D eigenvalue weighted by Gasteiger charge is -2.08. The molecule has 0 spiro atoms. The van der Waals surface area contributed by atoms with Gasteiger partial charge in [0.05, 0.1) is 5.70 Å². The Labute approximate surface area is 131 Å². The number of hydrogen-bond acceptors (Lipinski definition) is 3. The van der Waals surface area contributed by atoms with Gasteiger partial charge in [0.25, 0.3) is 0 Å². The highest BCUT2D eigenvalue weighted by atomic mass is 32.2. The zero-order valence-electron chi connectivity index (χ0n) is 18.9. The standard InChI is InChI=1S/C14H21N3O2S/c1-15-20(18,19)10-11-4-5-14-13(8-11)12(9-16-14)6-7-17(2)3/h4-5,8-9,15-16H,6-7,10H2,1-3H3/i1D3,2D3,10D2. The maximum Gasteiger partial charge on any atom is 0.215 e. The van der Waals surface area contributed by atoms with Gasteiger partial charge in [0.15, 0.2) is 0 Å². The zero-order valence-corrected chi connectivity index (χ0v) is 11.7. The molecule has 0 bridgehead atoms. The van der Waals surface area contributed by atoms with E-state index in [-0.39, 0.29) is 12.1 Å². The van der Waals surface area contributed by atoms with E-state index in [2.05, 4.69) is 4.98 Å². The van der Waals surface area contributed by atoms with Crippen LogP contribution in [0, 0.1) is 0 Å². The van der Waals surface area contributed by atoms with Gasteiger partial charge in [0, 0.05) is 34.6 Å². The molecule has 110 valence electrons. The second-order valence-electron chi connectivity index (χ2n) is 4.45. The van der Waals surface area contributed by atoms with Gasteiger partial charge in [0.2, 0.25) is 10.0 Å². The van der Waals surface area contributed by atoms with E-state index in [0.29, 0.717) is 22.9 Å². The Kier molecular flexibility index (Phi) is 2.26. The van der Waals surface area contributed by atoms with Crippen molar-refractivity contribution in [1.82, 2.24) is 14.6 Å². The van der Waals surface area contributed by atoms with Gasteiger partial charge in [-0.05, 0) is 50.7 Å². The van der Waals surface area contributed by atoms with Crippen LogP contribution in [0.3, 0.4) is 0 Å². The summed E-state index contributed by atoms with van der Waals surface area (Å²) in [5.74, 6) is 0. The first-order valence-corrected chi connectivity index (χ1v) is 7.38. The van der Waals surface area contributed by atoms with Crippen LogP contribution in [0.1, 0.15) is 22.1 Å². The van der Waals surface area contributed by atoms with Gasteiger partial charge < -0.3 is 9.88 Å². The molecule has 0 atom stereocenters. The van der Waals surface area contributed by atoms with E-state index in [1.165, 1.54) is 34.9 Å². The number of rotatable bonds is 6. The first kappa shape index (κ1) is 7.59. The highest BCUT2D eigenvalue weighted by molar-refractivity contribution is 7.88. The maximum atomic E-state index is 12.2. The summed E-state index contributed by atoms with van der Waals surface area (Å²) in [5, 5.41) is 0.532. The highest BCUT2D eigenvalue weighted by Gasteiger charge is 2.11. The smallest absolute Gasteiger partial charge is 0.215 e. The third-order valence-electron chi connectivity index (χ3n) is 2.87. The Bertz CT molecular complexity index is 950. The minimum atomic E-state index is -4.85. The molecule has 0 saturated heterocycles. The van der Waals surface area contributed by atoms with Crippen molar-refractivity contribution >= 4 is 20.9 Å². The molecule has 0 fully saturated rings. The van der Waals surface area contributed by atoms with Gasteiger partial charge in [-0.25, -0.2) is 13.1 Å². The number of H-pyrrole nitrogens is 1. The van der Waals surface area contributed by atoms with Gasteiger partial charge in [-0.2, -0.15) is 0 Å². The lowest BCUT2D eigenvalue weighted by Crippen LogP contribution is -2.20. The third kappa shape index (κ3) is 3.59. The normalized spacial score (nSPS) is 20.3. The molecule has 5 nitrogen and oxygen atoms in total. The quantitative estimate of drug-likeness (QED) is 0.846. The summed E-state index contributed by atoms with van der Waals surface area (Å²) < 4.78 is 85.0. The van der Waals surface area contributed by atoms with Crippen LogP contribution in [0.15, 0.2) is 24.4 Å². The summed E-state index contributed by atoms with van der Waals surface area (Å²) in [7, 11) is -3.39. The molecule has 0 radical (unpaired) electrons. The minimum absolute atomic E-state index is 0.208. The first-order chi connectivity index (χ1) is 12.5. The average molecular weight is 303 g/mol. The minimum Gasteiger partial charge on any atom is -0.361 e. The predicted molar refractivity (Wildman–Crippen MR) is 82.2 cm³/mol. The maximum absolute atomic E-state index is 12.2. The predicted octanol–water partition coefficient (Wildman–Crippen LogP) is 1.32. The van der Waals surface area contributed by atoms with Crippen LogP contribution in [0.2, 0.25) is 0 Å². The van der Waals surface area contributed by atoms with Gasteiger partial charge in [-0.1, -0.05) is 6.07 Å².